The minimum absolute atomic E-state index is 0.00295. The lowest BCUT2D eigenvalue weighted by atomic mass is 10.2. The van der Waals surface area contributed by atoms with E-state index in [2.05, 4.69) is 4.98 Å². The van der Waals surface area contributed by atoms with E-state index in [1.807, 2.05) is 10.3 Å². The van der Waals surface area contributed by atoms with Gasteiger partial charge in [-0.15, -0.1) is 0 Å². The minimum atomic E-state index is -0.451. The van der Waals surface area contributed by atoms with E-state index in [1.54, 1.807) is 18.2 Å². The molecule has 1 amide bonds. The van der Waals surface area contributed by atoms with E-state index in [-0.39, 0.29) is 18.9 Å². The Kier molecular flexibility index (Phi) is 6.23. The van der Waals surface area contributed by atoms with Crippen molar-refractivity contribution in [3.63, 3.8) is 0 Å². The number of carbonyl (C=O) groups excluding carboxylic acids is 1. The van der Waals surface area contributed by atoms with Gasteiger partial charge in [-0.2, -0.15) is 0 Å². The van der Waals surface area contributed by atoms with E-state index in [4.69, 9.17) is 16.1 Å². The maximum atomic E-state index is 11.3. The van der Waals surface area contributed by atoms with Crippen LogP contribution < -0.4 is 11.3 Å². The molecular formula is C11H18N4O3. The zero-order valence-corrected chi connectivity index (χ0v) is 10.0. The normalized spacial score (nSPS) is 10.7. The summed E-state index contributed by atoms with van der Waals surface area (Å²) >= 11 is 0. The molecule has 0 aliphatic rings. The van der Waals surface area contributed by atoms with Crippen LogP contribution in [-0.2, 0) is 6.54 Å². The van der Waals surface area contributed by atoms with Crippen molar-refractivity contribution in [2.24, 2.45) is 5.84 Å². The Morgan fingerprint density at radius 3 is 2.56 bits per heavy atom. The van der Waals surface area contributed by atoms with Crippen molar-refractivity contribution < 1.29 is 15.0 Å². The number of hydrazine groups is 1. The van der Waals surface area contributed by atoms with Crippen LogP contribution in [0.25, 0.3) is 0 Å². The summed E-state index contributed by atoms with van der Waals surface area (Å²) in [6.45, 7) is 1.34. The van der Waals surface area contributed by atoms with Crippen LogP contribution in [0.3, 0.4) is 0 Å². The average Bonchev–Trinajstić information content (AvgIpc) is 2.39. The molecule has 0 saturated carbocycles. The minimum Gasteiger partial charge on any atom is -0.395 e. The highest BCUT2D eigenvalue weighted by Crippen LogP contribution is 2.03. The first-order valence-corrected chi connectivity index (χ1v) is 5.62. The van der Waals surface area contributed by atoms with Crippen molar-refractivity contribution in [2.45, 2.75) is 6.54 Å². The molecule has 1 heterocycles. The Hall–Kier alpha value is -1.54. The SMILES string of the molecule is NNC(=O)c1cccc(CN(CCO)CCO)n1. The number of aliphatic hydroxyl groups excluding tert-OH is 2. The number of hydrogen-bond acceptors (Lipinski definition) is 6. The van der Waals surface area contributed by atoms with E-state index >= 15 is 0 Å². The van der Waals surface area contributed by atoms with Gasteiger partial charge in [0.05, 0.1) is 18.9 Å². The lowest BCUT2D eigenvalue weighted by molar-refractivity contribution is 0.0947. The highest BCUT2D eigenvalue weighted by Gasteiger charge is 2.09. The second-order valence-corrected chi connectivity index (χ2v) is 3.71. The number of nitrogen functional groups attached to an aromatic ring is 1. The number of hydrogen-bond donors (Lipinski definition) is 4. The Morgan fingerprint density at radius 2 is 2.00 bits per heavy atom. The number of amides is 1. The van der Waals surface area contributed by atoms with Crippen LogP contribution in [0.1, 0.15) is 16.2 Å². The van der Waals surface area contributed by atoms with Crippen molar-refractivity contribution in [3.8, 4) is 0 Å². The first-order chi connectivity index (χ1) is 8.71. The van der Waals surface area contributed by atoms with Crippen LogP contribution in [0, 0.1) is 0 Å². The molecule has 1 aromatic rings. The third-order valence-corrected chi connectivity index (χ3v) is 2.39. The van der Waals surface area contributed by atoms with E-state index in [0.717, 1.165) is 0 Å². The molecule has 0 bridgehead atoms. The van der Waals surface area contributed by atoms with Crippen molar-refractivity contribution in [3.05, 3.63) is 29.6 Å². The van der Waals surface area contributed by atoms with E-state index in [1.165, 1.54) is 0 Å². The first-order valence-electron chi connectivity index (χ1n) is 5.62. The number of nitrogens with one attached hydrogen (secondary N) is 1. The highest BCUT2D eigenvalue weighted by molar-refractivity contribution is 5.91. The Balaban J connectivity index is 2.73. The van der Waals surface area contributed by atoms with Gasteiger partial charge in [-0.3, -0.25) is 15.1 Å². The Labute approximate surface area is 105 Å². The van der Waals surface area contributed by atoms with E-state index < -0.39 is 5.91 Å². The van der Waals surface area contributed by atoms with Crippen LogP contribution in [-0.4, -0.2) is 52.3 Å². The van der Waals surface area contributed by atoms with Gasteiger partial charge in [0.25, 0.3) is 5.91 Å². The number of nitrogens with zero attached hydrogens (tertiary/aromatic N) is 2. The largest absolute Gasteiger partial charge is 0.395 e. The fraction of sp³-hybridized carbons (Fsp3) is 0.455. The summed E-state index contributed by atoms with van der Waals surface area (Å²) < 4.78 is 0. The maximum absolute atomic E-state index is 11.3. The van der Waals surface area contributed by atoms with Gasteiger partial charge in [-0.25, -0.2) is 10.8 Å². The zero-order chi connectivity index (χ0) is 13.4. The van der Waals surface area contributed by atoms with Gasteiger partial charge in [0.2, 0.25) is 0 Å². The van der Waals surface area contributed by atoms with Crippen molar-refractivity contribution in [1.29, 1.82) is 0 Å². The lowest BCUT2D eigenvalue weighted by Gasteiger charge is -2.19. The van der Waals surface area contributed by atoms with Gasteiger partial charge < -0.3 is 10.2 Å². The van der Waals surface area contributed by atoms with Crippen LogP contribution >= 0.6 is 0 Å². The molecule has 0 unspecified atom stereocenters. The number of pyridine rings is 1. The van der Waals surface area contributed by atoms with Gasteiger partial charge >= 0.3 is 0 Å². The summed E-state index contributed by atoms with van der Waals surface area (Å²) in [6, 6.07) is 5.05. The van der Waals surface area contributed by atoms with Crippen LogP contribution in [0.2, 0.25) is 0 Å². The summed E-state index contributed by atoms with van der Waals surface area (Å²) in [7, 11) is 0. The maximum Gasteiger partial charge on any atom is 0.283 e. The van der Waals surface area contributed by atoms with Crippen LogP contribution in [0.4, 0.5) is 0 Å². The molecule has 0 atom stereocenters. The lowest BCUT2D eigenvalue weighted by Crippen LogP contribution is -2.32. The molecule has 0 spiro atoms. The highest BCUT2D eigenvalue weighted by atomic mass is 16.3. The average molecular weight is 254 g/mol. The fourth-order valence-electron chi connectivity index (χ4n) is 1.55. The number of aromatic nitrogens is 1. The Morgan fingerprint density at radius 1 is 1.33 bits per heavy atom. The molecule has 7 heteroatoms. The molecule has 18 heavy (non-hydrogen) atoms. The third kappa shape index (κ3) is 4.38. The summed E-state index contributed by atoms with van der Waals surface area (Å²) in [6.07, 6.45) is 0. The molecule has 0 saturated heterocycles. The number of rotatable bonds is 7. The molecule has 1 aromatic heterocycles. The summed E-state index contributed by atoms with van der Waals surface area (Å²) in [4.78, 5) is 17.3. The first kappa shape index (κ1) is 14.5. The van der Waals surface area contributed by atoms with Gasteiger partial charge in [0, 0.05) is 19.6 Å². The quantitative estimate of drug-likeness (QED) is 0.267. The van der Waals surface area contributed by atoms with Gasteiger partial charge in [0.15, 0.2) is 0 Å². The second kappa shape index (κ2) is 7.72. The standard InChI is InChI=1S/C11H18N4O3/c12-14-11(18)10-3-1-2-9(13-10)8-15(4-6-16)5-7-17/h1-3,16-17H,4-8,12H2,(H,14,18). The molecular weight excluding hydrogens is 236 g/mol. The molecule has 1 rings (SSSR count). The van der Waals surface area contributed by atoms with Crippen molar-refractivity contribution in [2.75, 3.05) is 26.3 Å². The number of carbonyl (C=O) groups is 1. The van der Waals surface area contributed by atoms with E-state index in [0.29, 0.717) is 25.3 Å². The van der Waals surface area contributed by atoms with Crippen molar-refractivity contribution in [1.82, 2.24) is 15.3 Å². The topological polar surface area (TPSA) is 112 Å². The van der Waals surface area contributed by atoms with Gasteiger partial charge in [-0.05, 0) is 12.1 Å². The molecule has 0 radical (unpaired) electrons. The third-order valence-electron chi connectivity index (χ3n) is 2.39. The Bertz CT molecular complexity index is 380. The molecule has 7 nitrogen and oxygen atoms in total. The molecule has 5 N–H and O–H groups in total. The molecule has 0 aliphatic carbocycles. The molecule has 0 aliphatic heterocycles. The second-order valence-electron chi connectivity index (χ2n) is 3.71. The molecule has 0 fully saturated rings. The number of nitrogens with two attached hydrogens (primary N) is 1. The zero-order valence-electron chi connectivity index (χ0n) is 10.0. The summed E-state index contributed by atoms with van der Waals surface area (Å²) in [5.41, 5.74) is 2.93. The van der Waals surface area contributed by atoms with Crippen LogP contribution in [0.15, 0.2) is 18.2 Å². The monoisotopic (exact) mass is 254 g/mol. The molecule has 100 valence electrons. The van der Waals surface area contributed by atoms with Gasteiger partial charge in [0.1, 0.15) is 5.69 Å². The van der Waals surface area contributed by atoms with Gasteiger partial charge in [-0.1, -0.05) is 6.07 Å². The van der Waals surface area contributed by atoms with E-state index in [9.17, 15) is 4.79 Å². The smallest absolute Gasteiger partial charge is 0.283 e. The summed E-state index contributed by atoms with van der Waals surface area (Å²) in [5.74, 6) is 4.58. The fourth-order valence-corrected chi connectivity index (χ4v) is 1.55. The summed E-state index contributed by atoms with van der Waals surface area (Å²) in [5, 5.41) is 17.8. The molecule has 0 aromatic carbocycles. The van der Waals surface area contributed by atoms with Crippen molar-refractivity contribution >= 4 is 5.91 Å². The predicted octanol–water partition coefficient (Wildman–Crippen LogP) is -1.53. The predicted molar refractivity (Wildman–Crippen MR) is 65.3 cm³/mol. The number of aliphatic hydroxyl groups is 2. The van der Waals surface area contributed by atoms with Crippen LogP contribution in [0.5, 0.6) is 0 Å².